The second-order valence-electron chi connectivity index (χ2n) is 6.64. The molecule has 0 unspecified atom stereocenters. The van der Waals surface area contributed by atoms with Crippen molar-refractivity contribution in [2.45, 2.75) is 24.7 Å². The van der Waals surface area contributed by atoms with Crippen molar-refractivity contribution in [3.63, 3.8) is 0 Å². The predicted octanol–water partition coefficient (Wildman–Crippen LogP) is 3.78. The lowest BCUT2D eigenvalue weighted by Gasteiger charge is -2.20. The summed E-state index contributed by atoms with van der Waals surface area (Å²) in [7, 11) is -1.99. The Balaban J connectivity index is 1.73. The number of sulfonamides is 1. The van der Waals surface area contributed by atoms with Gasteiger partial charge >= 0.3 is 0 Å². The fraction of sp³-hybridized carbons (Fsp3) is 0.350. The number of halogens is 1. The molecule has 2 aromatic rings. The normalized spacial score (nSPS) is 13.4. The van der Waals surface area contributed by atoms with Crippen LogP contribution in [0.3, 0.4) is 0 Å². The number of anilines is 1. The average Bonchev–Trinajstić information content (AvgIpc) is 2.72. The van der Waals surface area contributed by atoms with Gasteiger partial charge in [0, 0.05) is 24.8 Å². The van der Waals surface area contributed by atoms with E-state index >= 15 is 0 Å². The van der Waals surface area contributed by atoms with Crippen molar-refractivity contribution in [1.29, 1.82) is 0 Å². The second kappa shape index (κ2) is 9.02. The van der Waals surface area contributed by atoms with Crippen molar-refractivity contribution >= 4 is 33.2 Å². The summed E-state index contributed by atoms with van der Waals surface area (Å²) in [4.78, 5) is 12.7. The van der Waals surface area contributed by atoms with Crippen LogP contribution in [0, 0.1) is 0 Å². The molecule has 0 saturated carbocycles. The standard InChI is InChI=1S/C20H23ClN2O5S/c1-3-4-9-23(2)29(25,26)16-7-5-15(6-8-16)22-20(24)14-12-17(21)19-18(13-14)27-10-11-28-19/h5-8,12-13H,3-4,9-11H2,1-2H3,(H,22,24). The number of amides is 1. The Hall–Kier alpha value is -2.29. The fourth-order valence-electron chi connectivity index (χ4n) is 2.84. The molecule has 1 aliphatic heterocycles. The maximum atomic E-state index is 12.6. The van der Waals surface area contributed by atoms with Gasteiger partial charge in [-0.3, -0.25) is 4.79 Å². The van der Waals surface area contributed by atoms with E-state index in [0.29, 0.717) is 47.5 Å². The van der Waals surface area contributed by atoms with Gasteiger partial charge in [0.2, 0.25) is 10.0 Å². The van der Waals surface area contributed by atoms with E-state index in [0.717, 1.165) is 12.8 Å². The molecule has 1 N–H and O–H groups in total. The first kappa shape index (κ1) is 21.4. The Morgan fingerprint density at radius 3 is 2.55 bits per heavy atom. The monoisotopic (exact) mass is 438 g/mol. The van der Waals surface area contributed by atoms with Crippen LogP contribution in [-0.4, -0.2) is 45.4 Å². The van der Waals surface area contributed by atoms with Gasteiger partial charge in [-0.05, 0) is 42.8 Å². The Morgan fingerprint density at radius 1 is 1.17 bits per heavy atom. The lowest BCUT2D eigenvalue weighted by Crippen LogP contribution is -2.27. The molecule has 29 heavy (non-hydrogen) atoms. The lowest BCUT2D eigenvalue weighted by atomic mass is 10.1. The summed E-state index contributed by atoms with van der Waals surface area (Å²) in [5, 5.41) is 3.03. The van der Waals surface area contributed by atoms with E-state index in [1.807, 2.05) is 6.92 Å². The number of benzene rings is 2. The molecule has 1 aliphatic rings. The molecule has 9 heteroatoms. The molecule has 0 aliphatic carbocycles. The van der Waals surface area contributed by atoms with Crippen LogP contribution in [0.5, 0.6) is 11.5 Å². The molecule has 0 spiro atoms. The first-order chi connectivity index (χ1) is 13.8. The van der Waals surface area contributed by atoms with Crippen LogP contribution in [0.2, 0.25) is 5.02 Å². The highest BCUT2D eigenvalue weighted by Gasteiger charge is 2.21. The molecule has 156 valence electrons. The summed E-state index contributed by atoms with van der Waals surface area (Å²) in [6.07, 6.45) is 1.71. The van der Waals surface area contributed by atoms with Crippen LogP contribution in [0.15, 0.2) is 41.3 Å². The number of nitrogens with one attached hydrogen (secondary N) is 1. The van der Waals surface area contributed by atoms with E-state index < -0.39 is 10.0 Å². The summed E-state index contributed by atoms with van der Waals surface area (Å²) in [6.45, 7) is 3.26. The van der Waals surface area contributed by atoms with Gasteiger partial charge in [-0.15, -0.1) is 0 Å². The van der Waals surface area contributed by atoms with Gasteiger partial charge in [0.25, 0.3) is 5.91 Å². The van der Waals surface area contributed by atoms with Crippen molar-refractivity contribution in [2.24, 2.45) is 0 Å². The molecule has 7 nitrogen and oxygen atoms in total. The number of fused-ring (bicyclic) bond motifs is 1. The molecule has 0 fully saturated rings. The number of ether oxygens (including phenoxy) is 2. The van der Waals surface area contributed by atoms with Crippen LogP contribution in [0.1, 0.15) is 30.1 Å². The van der Waals surface area contributed by atoms with E-state index in [1.165, 1.54) is 22.5 Å². The van der Waals surface area contributed by atoms with E-state index in [2.05, 4.69) is 5.32 Å². The number of carbonyl (C=O) groups excluding carboxylic acids is 1. The van der Waals surface area contributed by atoms with Crippen LogP contribution in [-0.2, 0) is 10.0 Å². The maximum Gasteiger partial charge on any atom is 0.255 e. The molecule has 3 rings (SSSR count). The Morgan fingerprint density at radius 2 is 1.86 bits per heavy atom. The number of rotatable bonds is 7. The maximum absolute atomic E-state index is 12.6. The minimum absolute atomic E-state index is 0.177. The van der Waals surface area contributed by atoms with E-state index in [9.17, 15) is 13.2 Å². The van der Waals surface area contributed by atoms with E-state index in [4.69, 9.17) is 21.1 Å². The van der Waals surface area contributed by atoms with Crippen molar-refractivity contribution in [1.82, 2.24) is 4.31 Å². The van der Waals surface area contributed by atoms with Crippen LogP contribution < -0.4 is 14.8 Å². The van der Waals surface area contributed by atoms with Crippen molar-refractivity contribution in [2.75, 3.05) is 32.1 Å². The third-order valence-corrected chi connectivity index (χ3v) is 6.66. The Labute approximate surface area is 175 Å². The third kappa shape index (κ3) is 4.83. The van der Waals surface area contributed by atoms with Crippen molar-refractivity contribution in [3.05, 3.63) is 47.0 Å². The highest BCUT2D eigenvalue weighted by molar-refractivity contribution is 7.89. The van der Waals surface area contributed by atoms with E-state index in [-0.39, 0.29) is 10.8 Å². The lowest BCUT2D eigenvalue weighted by molar-refractivity contribution is 0.102. The largest absolute Gasteiger partial charge is 0.486 e. The topological polar surface area (TPSA) is 84.9 Å². The zero-order chi connectivity index (χ0) is 21.0. The summed E-state index contributed by atoms with van der Waals surface area (Å²) in [5.41, 5.74) is 0.784. The zero-order valence-corrected chi connectivity index (χ0v) is 17.8. The Kier molecular flexibility index (Phi) is 6.66. The zero-order valence-electron chi connectivity index (χ0n) is 16.3. The highest BCUT2D eigenvalue weighted by Crippen LogP contribution is 2.38. The van der Waals surface area contributed by atoms with Crippen molar-refractivity contribution in [3.8, 4) is 11.5 Å². The first-order valence-corrected chi connectivity index (χ1v) is 11.1. The average molecular weight is 439 g/mol. The van der Waals surface area contributed by atoms with Gasteiger partial charge in [-0.25, -0.2) is 12.7 Å². The van der Waals surface area contributed by atoms with Gasteiger partial charge < -0.3 is 14.8 Å². The minimum Gasteiger partial charge on any atom is -0.486 e. The van der Waals surface area contributed by atoms with Crippen LogP contribution in [0.25, 0.3) is 0 Å². The quantitative estimate of drug-likeness (QED) is 0.711. The van der Waals surface area contributed by atoms with Crippen LogP contribution >= 0.6 is 11.6 Å². The molecule has 0 saturated heterocycles. The summed E-state index contributed by atoms with van der Waals surface area (Å²) in [5.74, 6) is 0.459. The van der Waals surface area contributed by atoms with Crippen molar-refractivity contribution < 1.29 is 22.7 Å². The molecule has 0 bridgehead atoms. The molecule has 0 aromatic heterocycles. The number of unbranched alkanes of at least 4 members (excludes halogenated alkanes) is 1. The highest BCUT2D eigenvalue weighted by atomic mass is 35.5. The summed E-state index contributed by atoms with van der Waals surface area (Å²) in [6, 6.07) is 9.13. The van der Waals surface area contributed by atoms with Gasteiger partial charge in [0.15, 0.2) is 11.5 Å². The predicted molar refractivity (Wildman–Crippen MR) is 112 cm³/mol. The molecular formula is C20H23ClN2O5S. The molecule has 1 heterocycles. The number of hydrogen-bond donors (Lipinski definition) is 1. The van der Waals surface area contributed by atoms with Gasteiger partial charge in [-0.2, -0.15) is 0 Å². The molecular weight excluding hydrogens is 416 g/mol. The summed E-state index contributed by atoms with van der Waals surface area (Å²) >= 11 is 6.17. The molecule has 2 aromatic carbocycles. The molecule has 1 amide bonds. The second-order valence-corrected chi connectivity index (χ2v) is 9.09. The first-order valence-electron chi connectivity index (χ1n) is 9.30. The SMILES string of the molecule is CCCCN(C)S(=O)(=O)c1ccc(NC(=O)c2cc(Cl)c3c(c2)OCCO3)cc1. The minimum atomic E-state index is -3.55. The van der Waals surface area contributed by atoms with Gasteiger partial charge in [-0.1, -0.05) is 24.9 Å². The number of hydrogen-bond acceptors (Lipinski definition) is 5. The van der Waals surface area contributed by atoms with Gasteiger partial charge in [0.1, 0.15) is 13.2 Å². The number of nitrogens with zero attached hydrogens (tertiary/aromatic N) is 1. The molecule has 0 atom stereocenters. The Bertz CT molecular complexity index is 993. The number of carbonyl (C=O) groups is 1. The summed E-state index contributed by atoms with van der Waals surface area (Å²) < 4.78 is 37.4. The fourth-order valence-corrected chi connectivity index (χ4v) is 4.31. The third-order valence-electron chi connectivity index (χ3n) is 4.51. The molecule has 0 radical (unpaired) electrons. The van der Waals surface area contributed by atoms with Gasteiger partial charge in [0.05, 0.1) is 9.92 Å². The van der Waals surface area contributed by atoms with Crippen LogP contribution in [0.4, 0.5) is 5.69 Å². The van der Waals surface area contributed by atoms with E-state index in [1.54, 1.807) is 25.2 Å². The smallest absolute Gasteiger partial charge is 0.255 e.